The Hall–Kier alpha value is -0.820. The van der Waals surface area contributed by atoms with E-state index in [1.54, 1.807) is 13.8 Å². The van der Waals surface area contributed by atoms with Crippen molar-refractivity contribution in [3.8, 4) is 0 Å². The van der Waals surface area contributed by atoms with E-state index >= 15 is 0 Å². The van der Waals surface area contributed by atoms with Crippen LogP contribution in [-0.4, -0.2) is 28.3 Å². The summed E-state index contributed by atoms with van der Waals surface area (Å²) in [7, 11) is 0. The molecule has 0 aliphatic rings. The Labute approximate surface area is 118 Å². The highest BCUT2D eigenvalue weighted by molar-refractivity contribution is 9.10. The summed E-state index contributed by atoms with van der Waals surface area (Å²) < 4.78 is 5.28. The van der Waals surface area contributed by atoms with Crippen LogP contribution in [0.15, 0.2) is 14.4 Å². The highest BCUT2D eigenvalue weighted by Crippen LogP contribution is 2.16. The van der Waals surface area contributed by atoms with Crippen LogP contribution in [-0.2, 0) is 9.53 Å². The van der Waals surface area contributed by atoms with E-state index in [4.69, 9.17) is 4.74 Å². The molecule has 0 saturated heterocycles. The largest absolute Gasteiger partial charge is 0.466 e. The normalized spacial score (nSPS) is 10.4. The first-order valence-corrected chi connectivity index (χ1v) is 7.37. The van der Waals surface area contributed by atoms with E-state index < -0.39 is 0 Å². The average molecular weight is 335 g/mol. The van der Waals surface area contributed by atoms with E-state index in [0.717, 1.165) is 0 Å². The molecule has 0 aromatic carbocycles. The number of aromatic amines is 1. The molecule has 1 N–H and O–H groups in total. The van der Waals surface area contributed by atoms with Gasteiger partial charge in [0.2, 0.25) is 0 Å². The number of carbonyl (C=O) groups is 1. The van der Waals surface area contributed by atoms with E-state index in [0.29, 0.717) is 40.5 Å². The molecule has 1 aromatic rings. The number of nitrogens with zero attached hydrogens (tertiary/aromatic N) is 1. The number of halogens is 1. The number of esters is 1. The van der Waals surface area contributed by atoms with Crippen LogP contribution in [0.3, 0.4) is 0 Å². The zero-order valence-corrected chi connectivity index (χ0v) is 12.7. The lowest BCUT2D eigenvalue weighted by atomic mass is 10.3. The molecule has 18 heavy (non-hydrogen) atoms. The summed E-state index contributed by atoms with van der Waals surface area (Å²) in [5, 5.41) is 0.574. The van der Waals surface area contributed by atoms with Gasteiger partial charge in [0.25, 0.3) is 5.56 Å². The summed E-state index contributed by atoms with van der Waals surface area (Å²) in [4.78, 5) is 29.4. The van der Waals surface area contributed by atoms with Gasteiger partial charge >= 0.3 is 5.97 Å². The van der Waals surface area contributed by atoms with Gasteiger partial charge in [0.1, 0.15) is 4.47 Å². The third-order valence-corrected chi connectivity index (χ3v) is 3.97. The standard InChI is InChI=1S/C11H15BrN2O3S/c1-3-17-8(15)5-4-6-18-11-13-7(2)9(12)10(16)14-11/h3-6H2,1-2H3,(H,13,14,16). The SMILES string of the molecule is CCOC(=O)CCCSc1nc(C)c(Br)c(=O)[nH]1. The zero-order valence-electron chi connectivity index (χ0n) is 10.3. The van der Waals surface area contributed by atoms with Gasteiger partial charge in [-0.2, -0.15) is 0 Å². The lowest BCUT2D eigenvalue weighted by Crippen LogP contribution is -2.11. The van der Waals surface area contributed by atoms with Gasteiger partial charge in [-0.25, -0.2) is 4.98 Å². The van der Waals surface area contributed by atoms with E-state index in [9.17, 15) is 9.59 Å². The predicted octanol–water partition coefficient (Wildman–Crippen LogP) is 2.28. The second-order valence-electron chi connectivity index (χ2n) is 3.53. The molecule has 0 radical (unpaired) electrons. The maximum atomic E-state index is 11.5. The number of nitrogens with one attached hydrogen (secondary N) is 1. The minimum Gasteiger partial charge on any atom is -0.466 e. The number of hydrogen-bond donors (Lipinski definition) is 1. The quantitative estimate of drug-likeness (QED) is 0.374. The highest BCUT2D eigenvalue weighted by Gasteiger charge is 2.06. The molecule has 7 heteroatoms. The van der Waals surface area contributed by atoms with Gasteiger partial charge in [-0.1, -0.05) is 11.8 Å². The lowest BCUT2D eigenvalue weighted by molar-refractivity contribution is -0.143. The predicted molar refractivity (Wildman–Crippen MR) is 73.9 cm³/mol. The minimum absolute atomic E-state index is 0.185. The van der Waals surface area contributed by atoms with Gasteiger partial charge in [0.05, 0.1) is 12.3 Å². The zero-order chi connectivity index (χ0) is 13.5. The van der Waals surface area contributed by atoms with E-state index in [2.05, 4.69) is 25.9 Å². The second kappa shape index (κ2) is 7.58. The first-order valence-electron chi connectivity index (χ1n) is 5.59. The number of hydrogen-bond acceptors (Lipinski definition) is 5. The number of carbonyl (C=O) groups excluding carboxylic acids is 1. The average Bonchev–Trinajstić information content (AvgIpc) is 2.32. The van der Waals surface area contributed by atoms with Crippen molar-refractivity contribution in [3.05, 3.63) is 20.5 Å². The van der Waals surface area contributed by atoms with Crippen molar-refractivity contribution in [2.75, 3.05) is 12.4 Å². The van der Waals surface area contributed by atoms with Crippen LogP contribution in [0, 0.1) is 6.92 Å². The Balaban J connectivity index is 2.41. The van der Waals surface area contributed by atoms with Crippen LogP contribution in [0.2, 0.25) is 0 Å². The van der Waals surface area contributed by atoms with Crippen molar-refractivity contribution in [1.82, 2.24) is 9.97 Å². The Morgan fingerprint density at radius 3 is 2.89 bits per heavy atom. The molecule has 0 unspecified atom stereocenters. The number of aryl methyl sites for hydroxylation is 1. The molecular formula is C11H15BrN2O3S. The molecule has 0 aliphatic heterocycles. The molecular weight excluding hydrogens is 320 g/mol. The van der Waals surface area contributed by atoms with E-state index in [1.165, 1.54) is 11.8 Å². The number of H-pyrrole nitrogens is 1. The summed E-state index contributed by atoms with van der Waals surface area (Å²) in [5.74, 6) is 0.523. The highest BCUT2D eigenvalue weighted by atomic mass is 79.9. The summed E-state index contributed by atoms with van der Waals surface area (Å²) >= 11 is 4.58. The maximum Gasteiger partial charge on any atom is 0.305 e. The molecule has 100 valence electrons. The number of ether oxygens (including phenoxy) is 1. The first-order chi connectivity index (χ1) is 8.54. The van der Waals surface area contributed by atoms with Crippen LogP contribution in [0.25, 0.3) is 0 Å². The molecule has 0 spiro atoms. The van der Waals surface area contributed by atoms with E-state index in [-0.39, 0.29) is 11.5 Å². The molecule has 0 amide bonds. The smallest absolute Gasteiger partial charge is 0.305 e. The van der Waals surface area contributed by atoms with Gasteiger partial charge in [-0.3, -0.25) is 9.59 Å². The summed E-state index contributed by atoms with van der Waals surface area (Å²) in [6, 6.07) is 0. The van der Waals surface area contributed by atoms with Crippen molar-refractivity contribution in [2.24, 2.45) is 0 Å². The van der Waals surface area contributed by atoms with Crippen LogP contribution in [0.4, 0.5) is 0 Å². The topological polar surface area (TPSA) is 72.0 Å². The lowest BCUT2D eigenvalue weighted by Gasteiger charge is -2.03. The molecule has 1 aromatic heterocycles. The Morgan fingerprint density at radius 2 is 2.28 bits per heavy atom. The number of aromatic nitrogens is 2. The summed E-state index contributed by atoms with van der Waals surface area (Å²) in [6.45, 7) is 3.96. The third-order valence-electron chi connectivity index (χ3n) is 2.08. The van der Waals surface area contributed by atoms with Crippen molar-refractivity contribution < 1.29 is 9.53 Å². The Bertz CT molecular complexity index is 476. The maximum absolute atomic E-state index is 11.5. The second-order valence-corrected chi connectivity index (χ2v) is 5.40. The number of thioether (sulfide) groups is 1. The Kier molecular flexibility index (Phi) is 6.42. The first kappa shape index (κ1) is 15.2. The third kappa shape index (κ3) is 4.81. The van der Waals surface area contributed by atoms with Crippen LogP contribution in [0.1, 0.15) is 25.5 Å². The van der Waals surface area contributed by atoms with Crippen LogP contribution >= 0.6 is 27.7 Å². The summed E-state index contributed by atoms with van der Waals surface area (Å²) in [6.07, 6.45) is 1.09. The molecule has 0 saturated carbocycles. The van der Waals surface area contributed by atoms with Gasteiger partial charge in [-0.15, -0.1) is 0 Å². The van der Waals surface area contributed by atoms with Gasteiger partial charge in [0, 0.05) is 12.2 Å². The molecule has 1 heterocycles. The minimum atomic E-state index is -0.188. The van der Waals surface area contributed by atoms with Crippen molar-refractivity contribution in [3.63, 3.8) is 0 Å². The van der Waals surface area contributed by atoms with Crippen molar-refractivity contribution in [2.45, 2.75) is 31.8 Å². The fourth-order valence-electron chi connectivity index (χ4n) is 1.23. The molecule has 0 fully saturated rings. The van der Waals surface area contributed by atoms with E-state index in [1.807, 2.05) is 0 Å². The monoisotopic (exact) mass is 334 g/mol. The fourth-order valence-corrected chi connectivity index (χ4v) is 2.27. The van der Waals surface area contributed by atoms with Crippen LogP contribution in [0.5, 0.6) is 0 Å². The Morgan fingerprint density at radius 1 is 1.56 bits per heavy atom. The fraction of sp³-hybridized carbons (Fsp3) is 0.545. The number of rotatable bonds is 6. The van der Waals surface area contributed by atoms with Gasteiger partial charge < -0.3 is 9.72 Å². The van der Waals surface area contributed by atoms with Crippen LogP contribution < -0.4 is 5.56 Å². The van der Waals surface area contributed by atoms with Gasteiger partial charge in [0.15, 0.2) is 5.16 Å². The molecule has 1 rings (SSSR count). The molecule has 0 atom stereocenters. The molecule has 0 aliphatic carbocycles. The van der Waals surface area contributed by atoms with Crippen molar-refractivity contribution >= 4 is 33.7 Å². The molecule has 5 nitrogen and oxygen atoms in total. The molecule has 0 bridgehead atoms. The van der Waals surface area contributed by atoms with Gasteiger partial charge in [-0.05, 0) is 36.2 Å². The van der Waals surface area contributed by atoms with Crippen molar-refractivity contribution in [1.29, 1.82) is 0 Å². The summed E-state index contributed by atoms with van der Waals surface area (Å²) in [5.41, 5.74) is 0.474.